The van der Waals surface area contributed by atoms with Gasteiger partial charge in [0.15, 0.2) is 11.5 Å². The van der Waals surface area contributed by atoms with E-state index in [-0.39, 0.29) is 12.4 Å². The van der Waals surface area contributed by atoms with E-state index < -0.39 is 0 Å². The van der Waals surface area contributed by atoms with Crippen LogP contribution >= 0.6 is 11.6 Å². The van der Waals surface area contributed by atoms with Crippen molar-refractivity contribution in [1.82, 2.24) is 0 Å². The molecule has 0 heterocycles. The van der Waals surface area contributed by atoms with Crippen LogP contribution in [0.3, 0.4) is 0 Å². The average Bonchev–Trinajstić information content (AvgIpc) is 2.66. The molecule has 0 aromatic heterocycles. The molecule has 0 aliphatic carbocycles. The van der Waals surface area contributed by atoms with E-state index in [4.69, 9.17) is 21.1 Å². The van der Waals surface area contributed by atoms with E-state index in [0.29, 0.717) is 23.1 Å². The normalized spacial score (nSPS) is 10.5. The maximum atomic E-state index is 13.3. The molecule has 0 saturated heterocycles. The van der Waals surface area contributed by atoms with Crippen LogP contribution in [0, 0.1) is 12.7 Å². The third-order valence-corrected chi connectivity index (χ3v) is 4.47. The third kappa shape index (κ3) is 4.92. The molecule has 3 nitrogen and oxygen atoms in total. The highest BCUT2D eigenvalue weighted by molar-refractivity contribution is 6.32. The first-order valence-corrected chi connectivity index (χ1v) is 8.98. The Hall–Kier alpha value is -2.72. The fourth-order valence-corrected chi connectivity index (χ4v) is 3.05. The molecule has 0 aliphatic heterocycles. The highest BCUT2D eigenvalue weighted by Gasteiger charge is 2.13. The molecule has 5 heteroatoms. The minimum atomic E-state index is -0.299. The van der Waals surface area contributed by atoms with E-state index >= 15 is 0 Å². The molecule has 0 spiro atoms. The number of hydrogen-bond donors (Lipinski definition) is 1. The van der Waals surface area contributed by atoms with Crippen LogP contribution in [0.2, 0.25) is 5.02 Å². The lowest BCUT2D eigenvalue weighted by molar-refractivity contribution is 0.284. The number of methoxy groups -OCH3 is 1. The third-order valence-electron chi connectivity index (χ3n) is 4.19. The summed E-state index contributed by atoms with van der Waals surface area (Å²) in [6.07, 6.45) is 0. The number of hydrogen-bond acceptors (Lipinski definition) is 3. The number of aryl methyl sites for hydroxylation is 1. The van der Waals surface area contributed by atoms with Crippen LogP contribution in [0.5, 0.6) is 11.5 Å². The topological polar surface area (TPSA) is 30.5 Å². The van der Waals surface area contributed by atoms with Crippen molar-refractivity contribution in [3.63, 3.8) is 0 Å². The summed E-state index contributed by atoms with van der Waals surface area (Å²) in [6.45, 7) is 2.86. The van der Waals surface area contributed by atoms with Gasteiger partial charge >= 0.3 is 0 Å². The highest BCUT2D eigenvalue weighted by Crippen LogP contribution is 2.37. The minimum Gasteiger partial charge on any atom is -0.493 e. The van der Waals surface area contributed by atoms with Crippen molar-refractivity contribution in [3.8, 4) is 11.5 Å². The molecule has 0 saturated carbocycles. The lowest BCUT2D eigenvalue weighted by atomic mass is 10.1. The van der Waals surface area contributed by atoms with E-state index in [1.165, 1.54) is 17.7 Å². The van der Waals surface area contributed by atoms with Crippen LogP contribution in [0.25, 0.3) is 0 Å². The lowest BCUT2D eigenvalue weighted by Gasteiger charge is -2.15. The van der Waals surface area contributed by atoms with Gasteiger partial charge in [-0.2, -0.15) is 0 Å². The van der Waals surface area contributed by atoms with Gasteiger partial charge in [0.05, 0.1) is 12.1 Å². The smallest absolute Gasteiger partial charge is 0.180 e. The summed E-state index contributed by atoms with van der Waals surface area (Å²) in [5.41, 5.74) is 3.93. The summed E-state index contributed by atoms with van der Waals surface area (Å²) < 4.78 is 24.5. The number of rotatable bonds is 7. The van der Waals surface area contributed by atoms with E-state index in [2.05, 4.69) is 18.3 Å². The molecule has 0 bridgehead atoms. The van der Waals surface area contributed by atoms with E-state index in [1.807, 2.05) is 30.3 Å². The van der Waals surface area contributed by atoms with Gasteiger partial charge in [0.25, 0.3) is 0 Å². The molecule has 0 amide bonds. The Morgan fingerprint density at radius 1 is 1.00 bits per heavy atom. The van der Waals surface area contributed by atoms with Gasteiger partial charge in [-0.15, -0.1) is 0 Å². The summed E-state index contributed by atoms with van der Waals surface area (Å²) in [5.74, 6) is 0.690. The van der Waals surface area contributed by atoms with Gasteiger partial charge in [-0.25, -0.2) is 4.39 Å². The summed E-state index contributed by atoms with van der Waals surface area (Å²) in [6, 6.07) is 18.1. The summed E-state index contributed by atoms with van der Waals surface area (Å²) in [7, 11) is 1.57. The molecule has 0 unspecified atom stereocenters. The summed E-state index contributed by atoms with van der Waals surface area (Å²) in [4.78, 5) is 0. The van der Waals surface area contributed by atoms with Crippen molar-refractivity contribution < 1.29 is 13.9 Å². The monoisotopic (exact) mass is 385 g/mol. The number of anilines is 1. The van der Waals surface area contributed by atoms with Crippen LogP contribution in [-0.2, 0) is 13.2 Å². The van der Waals surface area contributed by atoms with Gasteiger partial charge in [-0.05, 0) is 53.9 Å². The molecule has 0 aliphatic rings. The zero-order valence-electron chi connectivity index (χ0n) is 15.3. The zero-order valence-corrected chi connectivity index (χ0v) is 16.0. The average molecular weight is 386 g/mol. The molecule has 0 atom stereocenters. The molecular weight excluding hydrogens is 365 g/mol. The van der Waals surface area contributed by atoms with Crippen LogP contribution in [0.15, 0.2) is 60.7 Å². The summed E-state index contributed by atoms with van der Waals surface area (Å²) in [5, 5.41) is 3.85. The number of para-hydroxylation sites is 1. The number of halogens is 2. The fourth-order valence-electron chi connectivity index (χ4n) is 2.77. The Kier molecular flexibility index (Phi) is 6.20. The second kappa shape index (κ2) is 8.78. The standard InChI is InChI=1S/C22H21ClFNO2/c1-15-6-3-4-9-20(15)25-13-17-11-19(23)22(21(12-17)26-2)27-14-16-7-5-8-18(24)10-16/h3-12,25H,13-14H2,1-2H3. The van der Waals surface area contributed by atoms with Gasteiger partial charge in [-0.3, -0.25) is 0 Å². The molecule has 3 aromatic rings. The van der Waals surface area contributed by atoms with E-state index in [9.17, 15) is 4.39 Å². The van der Waals surface area contributed by atoms with Gasteiger partial charge in [-0.1, -0.05) is 41.9 Å². The van der Waals surface area contributed by atoms with Crippen LogP contribution in [0.1, 0.15) is 16.7 Å². The van der Waals surface area contributed by atoms with Gasteiger partial charge in [0, 0.05) is 12.2 Å². The molecule has 140 valence electrons. The Bertz CT molecular complexity index is 930. The Balaban J connectivity index is 1.73. The maximum Gasteiger partial charge on any atom is 0.180 e. The van der Waals surface area contributed by atoms with Crippen molar-refractivity contribution in [2.75, 3.05) is 12.4 Å². The van der Waals surface area contributed by atoms with Crippen LogP contribution in [0.4, 0.5) is 10.1 Å². The molecular formula is C22H21ClFNO2. The molecule has 3 aromatic carbocycles. The number of benzene rings is 3. The number of ether oxygens (including phenoxy) is 2. The summed E-state index contributed by atoms with van der Waals surface area (Å²) >= 11 is 6.42. The van der Waals surface area contributed by atoms with Crippen molar-refractivity contribution in [1.29, 1.82) is 0 Å². The largest absolute Gasteiger partial charge is 0.493 e. The predicted octanol–water partition coefficient (Wildman–Crippen LogP) is 5.99. The molecule has 1 N–H and O–H groups in total. The van der Waals surface area contributed by atoms with Crippen molar-refractivity contribution in [2.24, 2.45) is 0 Å². The Morgan fingerprint density at radius 3 is 2.56 bits per heavy atom. The number of nitrogens with one attached hydrogen (secondary N) is 1. The van der Waals surface area contributed by atoms with Crippen molar-refractivity contribution in [3.05, 3.63) is 88.2 Å². The van der Waals surface area contributed by atoms with Gasteiger partial charge in [0.2, 0.25) is 0 Å². The quantitative estimate of drug-likeness (QED) is 0.542. The van der Waals surface area contributed by atoms with Crippen LogP contribution in [-0.4, -0.2) is 7.11 Å². The maximum absolute atomic E-state index is 13.3. The second-order valence-corrected chi connectivity index (χ2v) is 6.60. The minimum absolute atomic E-state index is 0.203. The van der Waals surface area contributed by atoms with Crippen molar-refractivity contribution in [2.45, 2.75) is 20.1 Å². The molecule has 0 fully saturated rings. The van der Waals surface area contributed by atoms with Crippen LogP contribution < -0.4 is 14.8 Å². The Morgan fingerprint density at radius 2 is 1.81 bits per heavy atom. The van der Waals surface area contributed by atoms with E-state index in [1.54, 1.807) is 19.2 Å². The molecule has 3 rings (SSSR count). The lowest BCUT2D eigenvalue weighted by Crippen LogP contribution is -2.03. The second-order valence-electron chi connectivity index (χ2n) is 6.20. The first kappa shape index (κ1) is 19.1. The molecule has 0 radical (unpaired) electrons. The first-order chi connectivity index (χ1) is 13.1. The highest BCUT2D eigenvalue weighted by atomic mass is 35.5. The fraction of sp³-hybridized carbons (Fsp3) is 0.182. The zero-order chi connectivity index (χ0) is 19.2. The Labute approximate surface area is 163 Å². The van der Waals surface area contributed by atoms with Gasteiger partial charge < -0.3 is 14.8 Å². The van der Waals surface area contributed by atoms with Gasteiger partial charge in [0.1, 0.15) is 12.4 Å². The van der Waals surface area contributed by atoms with Crippen molar-refractivity contribution >= 4 is 17.3 Å². The first-order valence-electron chi connectivity index (χ1n) is 8.60. The molecule has 27 heavy (non-hydrogen) atoms. The predicted molar refractivity (Wildman–Crippen MR) is 107 cm³/mol. The van der Waals surface area contributed by atoms with E-state index in [0.717, 1.165) is 16.8 Å². The SMILES string of the molecule is COc1cc(CNc2ccccc2C)cc(Cl)c1OCc1cccc(F)c1.